The zero-order valence-corrected chi connectivity index (χ0v) is 14.9. The van der Waals surface area contributed by atoms with Gasteiger partial charge in [0.25, 0.3) is 0 Å². The number of anilines is 2. The molecule has 1 saturated carbocycles. The van der Waals surface area contributed by atoms with E-state index in [0.717, 1.165) is 30.9 Å². The van der Waals surface area contributed by atoms with Gasteiger partial charge in [0.05, 0.1) is 5.92 Å². The number of amides is 1. The molecule has 0 unspecified atom stereocenters. The van der Waals surface area contributed by atoms with Crippen LogP contribution in [0, 0.1) is 18.7 Å². The van der Waals surface area contributed by atoms with E-state index in [0.29, 0.717) is 23.7 Å². The van der Waals surface area contributed by atoms with E-state index in [1.807, 2.05) is 0 Å². The zero-order chi connectivity index (χ0) is 18.1. The Kier molecular flexibility index (Phi) is 4.57. The molecule has 1 atom stereocenters. The number of halogens is 1. The van der Waals surface area contributed by atoms with E-state index in [1.165, 1.54) is 18.9 Å². The minimum Gasteiger partial charge on any atom is -0.356 e. The van der Waals surface area contributed by atoms with Gasteiger partial charge in [-0.05, 0) is 50.3 Å². The van der Waals surface area contributed by atoms with Crippen LogP contribution in [0.1, 0.15) is 42.9 Å². The first-order valence-electron chi connectivity index (χ1n) is 9.24. The van der Waals surface area contributed by atoms with Crippen molar-refractivity contribution < 1.29 is 9.18 Å². The maximum absolute atomic E-state index is 13.7. The molecule has 0 spiro atoms. The summed E-state index contributed by atoms with van der Waals surface area (Å²) in [7, 11) is 0. The van der Waals surface area contributed by atoms with Crippen molar-refractivity contribution in [2.24, 2.45) is 5.92 Å². The predicted octanol–water partition coefficient (Wildman–Crippen LogP) is 3.66. The maximum Gasteiger partial charge on any atom is 0.229 e. The molecule has 2 aliphatic rings. The molecule has 1 aromatic carbocycles. The summed E-state index contributed by atoms with van der Waals surface area (Å²) in [5.74, 6) is 0.987. The van der Waals surface area contributed by atoms with E-state index in [4.69, 9.17) is 0 Å². The highest BCUT2D eigenvalue weighted by Crippen LogP contribution is 2.39. The number of carbonyl (C=O) groups is 1. The fourth-order valence-corrected chi connectivity index (χ4v) is 3.45. The van der Waals surface area contributed by atoms with Crippen LogP contribution in [0.15, 0.2) is 30.6 Å². The Bertz CT molecular complexity index is 821. The lowest BCUT2D eigenvalue weighted by Crippen LogP contribution is -2.41. The highest BCUT2D eigenvalue weighted by atomic mass is 19.1. The van der Waals surface area contributed by atoms with Gasteiger partial charge in [0.1, 0.15) is 18.0 Å². The SMILES string of the molecule is Cc1ccc(NC(=O)[C@@H]2CCCN(c3cc(C4CC4)ncn3)C2)cc1F. The van der Waals surface area contributed by atoms with Crippen molar-refractivity contribution in [3.8, 4) is 0 Å². The smallest absolute Gasteiger partial charge is 0.229 e. The molecule has 0 bridgehead atoms. The molecule has 136 valence electrons. The molecule has 1 N–H and O–H groups in total. The topological polar surface area (TPSA) is 58.1 Å². The lowest BCUT2D eigenvalue weighted by molar-refractivity contribution is -0.120. The molecule has 1 aliphatic carbocycles. The van der Waals surface area contributed by atoms with Crippen LogP contribution in [0.5, 0.6) is 0 Å². The summed E-state index contributed by atoms with van der Waals surface area (Å²) in [6.07, 6.45) is 5.80. The Labute approximate surface area is 152 Å². The third-order valence-electron chi connectivity index (χ3n) is 5.22. The highest BCUT2D eigenvalue weighted by molar-refractivity contribution is 5.93. The van der Waals surface area contributed by atoms with Gasteiger partial charge in [-0.3, -0.25) is 4.79 Å². The minimum atomic E-state index is -0.304. The molecule has 1 amide bonds. The standard InChI is InChI=1S/C20H23FN4O/c1-13-4-7-16(9-17(13)21)24-20(26)15-3-2-8-25(11-15)19-10-18(14-5-6-14)22-12-23-19/h4,7,9-10,12,14-15H,2-3,5-6,8,11H2,1H3,(H,24,26)/t15-/m1/s1. The van der Waals surface area contributed by atoms with Crippen molar-refractivity contribution in [2.75, 3.05) is 23.3 Å². The number of hydrogen-bond donors (Lipinski definition) is 1. The molecule has 1 aliphatic heterocycles. The number of aryl methyl sites for hydroxylation is 1. The second-order valence-corrected chi connectivity index (χ2v) is 7.31. The van der Waals surface area contributed by atoms with Crippen LogP contribution in [-0.4, -0.2) is 29.0 Å². The monoisotopic (exact) mass is 354 g/mol. The third kappa shape index (κ3) is 3.69. The minimum absolute atomic E-state index is 0.0607. The number of aromatic nitrogens is 2. The molecule has 2 heterocycles. The quantitative estimate of drug-likeness (QED) is 0.910. The van der Waals surface area contributed by atoms with E-state index in [-0.39, 0.29) is 17.6 Å². The first kappa shape index (κ1) is 16.9. The van der Waals surface area contributed by atoms with E-state index >= 15 is 0 Å². The van der Waals surface area contributed by atoms with Crippen LogP contribution in [0.2, 0.25) is 0 Å². The van der Waals surface area contributed by atoms with Crippen molar-refractivity contribution in [2.45, 2.75) is 38.5 Å². The Hall–Kier alpha value is -2.50. The molecule has 2 aromatic rings. The fourth-order valence-electron chi connectivity index (χ4n) is 3.45. The van der Waals surface area contributed by atoms with Gasteiger partial charge in [-0.1, -0.05) is 6.07 Å². The van der Waals surface area contributed by atoms with Gasteiger partial charge in [-0.25, -0.2) is 14.4 Å². The number of benzene rings is 1. The van der Waals surface area contributed by atoms with Gasteiger partial charge in [0, 0.05) is 36.5 Å². The fraction of sp³-hybridized carbons (Fsp3) is 0.450. The number of nitrogens with one attached hydrogen (secondary N) is 1. The Balaban J connectivity index is 1.43. The zero-order valence-electron chi connectivity index (χ0n) is 14.9. The predicted molar refractivity (Wildman–Crippen MR) is 98.7 cm³/mol. The van der Waals surface area contributed by atoms with Crippen LogP contribution in [0.4, 0.5) is 15.9 Å². The van der Waals surface area contributed by atoms with Gasteiger partial charge in [-0.15, -0.1) is 0 Å². The van der Waals surface area contributed by atoms with Crippen LogP contribution >= 0.6 is 0 Å². The molecule has 6 heteroatoms. The first-order valence-corrected chi connectivity index (χ1v) is 9.24. The Morgan fingerprint density at radius 3 is 2.85 bits per heavy atom. The highest BCUT2D eigenvalue weighted by Gasteiger charge is 2.29. The van der Waals surface area contributed by atoms with E-state index in [1.54, 1.807) is 25.4 Å². The largest absolute Gasteiger partial charge is 0.356 e. The van der Waals surface area contributed by atoms with Crippen LogP contribution < -0.4 is 10.2 Å². The van der Waals surface area contributed by atoms with Crippen molar-refractivity contribution in [3.05, 3.63) is 47.7 Å². The summed E-state index contributed by atoms with van der Waals surface area (Å²) in [6.45, 7) is 3.23. The van der Waals surface area contributed by atoms with Gasteiger partial charge in [-0.2, -0.15) is 0 Å². The number of hydrogen-bond acceptors (Lipinski definition) is 4. The molecule has 4 rings (SSSR count). The molecule has 1 saturated heterocycles. The number of carbonyl (C=O) groups excluding carboxylic acids is 1. The molecule has 0 radical (unpaired) electrons. The van der Waals surface area contributed by atoms with Gasteiger partial charge < -0.3 is 10.2 Å². The van der Waals surface area contributed by atoms with Gasteiger partial charge >= 0.3 is 0 Å². The summed E-state index contributed by atoms with van der Waals surface area (Å²) in [5, 5.41) is 2.85. The summed E-state index contributed by atoms with van der Waals surface area (Å²) in [5.41, 5.74) is 2.19. The van der Waals surface area contributed by atoms with Gasteiger partial charge in [0.15, 0.2) is 0 Å². The Morgan fingerprint density at radius 1 is 1.23 bits per heavy atom. The molecule has 1 aromatic heterocycles. The summed E-state index contributed by atoms with van der Waals surface area (Å²) in [4.78, 5) is 23.6. The summed E-state index contributed by atoms with van der Waals surface area (Å²) < 4.78 is 13.7. The second-order valence-electron chi connectivity index (χ2n) is 7.31. The van der Waals surface area contributed by atoms with Crippen LogP contribution in [-0.2, 0) is 4.79 Å². The van der Waals surface area contributed by atoms with Crippen molar-refractivity contribution in [1.29, 1.82) is 0 Å². The number of nitrogens with zero attached hydrogens (tertiary/aromatic N) is 3. The normalized spacial score (nSPS) is 20.1. The number of rotatable bonds is 4. The Morgan fingerprint density at radius 2 is 2.08 bits per heavy atom. The maximum atomic E-state index is 13.7. The average molecular weight is 354 g/mol. The second kappa shape index (κ2) is 7.02. The summed E-state index contributed by atoms with van der Waals surface area (Å²) >= 11 is 0. The lowest BCUT2D eigenvalue weighted by Gasteiger charge is -2.33. The molecular formula is C20H23FN4O. The van der Waals surface area contributed by atoms with Crippen molar-refractivity contribution >= 4 is 17.4 Å². The molecule has 2 fully saturated rings. The average Bonchev–Trinajstić information content (AvgIpc) is 3.50. The van der Waals surface area contributed by atoms with Crippen LogP contribution in [0.25, 0.3) is 0 Å². The lowest BCUT2D eigenvalue weighted by atomic mass is 9.97. The first-order chi connectivity index (χ1) is 12.6. The van der Waals surface area contributed by atoms with E-state index < -0.39 is 0 Å². The van der Waals surface area contributed by atoms with Crippen molar-refractivity contribution in [3.63, 3.8) is 0 Å². The van der Waals surface area contributed by atoms with E-state index in [2.05, 4.69) is 26.3 Å². The number of piperidine rings is 1. The molecule has 26 heavy (non-hydrogen) atoms. The molecular weight excluding hydrogens is 331 g/mol. The third-order valence-corrected chi connectivity index (χ3v) is 5.22. The summed E-state index contributed by atoms with van der Waals surface area (Å²) in [6, 6.07) is 6.86. The van der Waals surface area contributed by atoms with Gasteiger partial charge in [0.2, 0.25) is 5.91 Å². The van der Waals surface area contributed by atoms with E-state index in [9.17, 15) is 9.18 Å². The van der Waals surface area contributed by atoms with Crippen LogP contribution in [0.3, 0.4) is 0 Å². The molecule has 5 nitrogen and oxygen atoms in total. The van der Waals surface area contributed by atoms with Crippen molar-refractivity contribution in [1.82, 2.24) is 9.97 Å².